The Morgan fingerprint density at radius 3 is 2.40 bits per heavy atom. The minimum atomic E-state index is 0.570. The summed E-state index contributed by atoms with van der Waals surface area (Å²) < 4.78 is 11.3. The van der Waals surface area contributed by atoms with Gasteiger partial charge in [0.05, 0.1) is 18.9 Å². The summed E-state index contributed by atoms with van der Waals surface area (Å²) in [6.07, 6.45) is 0.788. The first-order valence-corrected chi connectivity index (χ1v) is 6.91. The molecular formula is C16H18ClNO2. The third kappa shape index (κ3) is 4.07. The number of hydrogen-bond acceptors (Lipinski definition) is 3. The number of benzene rings is 2. The van der Waals surface area contributed by atoms with Gasteiger partial charge in [0.2, 0.25) is 0 Å². The van der Waals surface area contributed by atoms with Gasteiger partial charge in [-0.25, -0.2) is 0 Å². The first-order valence-electron chi connectivity index (χ1n) is 6.53. The van der Waals surface area contributed by atoms with Gasteiger partial charge in [-0.15, -0.1) is 0 Å². The molecule has 0 atom stereocenters. The van der Waals surface area contributed by atoms with Gasteiger partial charge in [-0.1, -0.05) is 23.7 Å². The second-order valence-electron chi connectivity index (χ2n) is 4.50. The number of hydrogen-bond donors (Lipinski definition) is 1. The van der Waals surface area contributed by atoms with E-state index in [1.807, 2.05) is 49.4 Å². The largest absolute Gasteiger partial charge is 0.493 e. The normalized spacial score (nSPS) is 10.3. The maximum absolute atomic E-state index is 5.90. The molecule has 4 heteroatoms. The Balaban J connectivity index is 1.73. The quantitative estimate of drug-likeness (QED) is 0.644. The Bertz CT molecular complexity index is 572. The molecule has 106 valence electrons. The van der Waals surface area contributed by atoms with Crippen LogP contribution < -0.4 is 15.2 Å². The van der Waals surface area contributed by atoms with Crippen molar-refractivity contribution in [2.45, 2.75) is 13.3 Å². The summed E-state index contributed by atoms with van der Waals surface area (Å²) in [5.74, 6) is 1.57. The molecule has 0 radical (unpaired) electrons. The van der Waals surface area contributed by atoms with E-state index in [1.54, 1.807) is 0 Å². The molecule has 2 N–H and O–H groups in total. The van der Waals surface area contributed by atoms with Crippen molar-refractivity contribution in [1.29, 1.82) is 0 Å². The van der Waals surface area contributed by atoms with Gasteiger partial charge >= 0.3 is 0 Å². The number of anilines is 1. The molecule has 20 heavy (non-hydrogen) atoms. The van der Waals surface area contributed by atoms with Crippen LogP contribution in [0.2, 0.25) is 5.02 Å². The Morgan fingerprint density at radius 2 is 1.70 bits per heavy atom. The second kappa shape index (κ2) is 7.06. The lowest BCUT2D eigenvalue weighted by Gasteiger charge is -2.11. The standard InChI is InChI=1S/C16H18ClNO2/c1-12-11-13(17)7-8-15(12)19-9-4-10-20-16-6-3-2-5-14(16)18/h2-3,5-8,11H,4,9-10,18H2,1H3. The van der Waals surface area contributed by atoms with Crippen LogP contribution in [0.25, 0.3) is 0 Å². The molecule has 0 fully saturated rings. The highest BCUT2D eigenvalue weighted by Gasteiger charge is 2.01. The minimum absolute atomic E-state index is 0.570. The first-order chi connectivity index (χ1) is 9.66. The van der Waals surface area contributed by atoms with Crippen LogP contribution >= 0.6 is 11.6 Å². The molecule has 0 amide bonds. The lowest BCUT2D eigenvalue weighted by Crippen LogP contribution is -2.06. The molecule has 0 heterocycles. The van der Waals surface area contributed by atoms with E-state index in [9.17, 15) is 0 Å². The SMILES string of the molecule is Cc1cc(Cl)ccc1OCCCOc1ccccc1N. The summed E-state index contributed by atoms with van der Waals surface area (Å²) in [5, 5.41) is 0.720. The maximum atomic E-state index is 5.90. The van der Waals surface area contributed by atoms with Gasteiger partial charge in [0.25, 0.3) is 0 Å². The van der Waals surface area contributed by atoms with E-state index in [2.05, 4.69) is 0 Å². The van der Waals surface area contributed by atoms with Crippen LogP contribution in [0.3, 0.4) is 0 Å². The molecule has 0 aliphatic heterocycles. The summed E-state index contributed by atoms with van der Waals surface area (Å²) in [6, 6.07) is 13.1. The summed E-state index contributed by atoms with van der Waals surface area (Å²) in [7, 11) is 0. The van der Waals surface area contributed by atoms with Crippen molar-refractivity contribution < 1.29 is 9.47 Å². The smallest absolute Gasteiger partial charge is 0.142 e. The van der Waals surface area contributed by atoms with Crippen LogP contribution in [0, 0.1) is 6.92 Å². The highest BCUT2D eigenvalue weighted by molar-refractivity contribution is 6.30. The average Bonchev–Trinajstić information content (AvgIpc) is 2.42. The van der Waals surface area contributed by atoms with E-state index in [0.717, 1.165) is 28.5 Å². The molecule has 0 unspecified atom stereocenters. The van der Waals surface area contributed by atoms with Crippen molar-refractivity contribution in [2.24, 2.45) is 0 Å². The molecule has 2 aromatic carbocycles. The summed E-state index contributed by atoms with van der Waals surface area (Å²) in [4.78, 5) is 0. The Kier molecular flexibility index (Phi) is 5.13. The molecule has 0 bridgehead atoms. The zero-order valence-corrected chi connectivity index (χ0v) is 12.2. The minimum Gasteiger partial charge on any atom is -0.493 e. The van der Waals surface area contributed by atoms with Crippen molar-refractivity contribution >= 4 is 17.3 Å². The van der Waals surface area contributed by atoms with Crippen LogP contribution in [-0.2, 0) is 0 Å². The van der Waals surface area contributed by atoms with Gasteiger partial charge in [0.1, 0.15) is 11.5 Å². The van der Waals surface area contributed by atoms with Crippen molar-refractivity contribution in [3.05, 3.63) is 53.1 Å². The molecule has 0 aliphatic carbocycles. The summed E-state index contributed by atoms with van der Waals surface area (Å²) in [6.45, 7) is 3.14. The highest BCUT2D eigenvalue weighted by atomic mass is 35.5. The zero-order chi connectivity index (χ0) is 14.4. The highest BCUT2D eigenvalue weighted by Crippen LogP contribution is 2.22. The number of rotatable bonds is 6. The fraction of sp³-hybridized carbons (Fsp3) is 0.250. The monoisotopic (exact) mass is 291 g/mol. The fourth-order valence-electron chi connectivity index (χ4n) is 1.81. The van der Waals surface area contributed by atoms with E-state index in [0.29, 0.717) is 18.9 Å². The van der Waals surface area contributed by atoms with Gasteiger partial charge in [-0.2, -0.15) is 0 Å². The van der Waals surface area contributed by atoms with Gasteiger partial charge in [-0.3, -0.25) is 0 Å². The van der Waals surface area contributed by atoms with Crippen molar-refractivity contribution in [3.63, 3.8) is 0 Å². The van der Waals surface area contributed by atoms with Gasteiger partial charge in [0, 0.05) is 11.4 Å². The first kappa shape index (κ1) is 14.5. The van der Waals surface area contributed by atoms with Crippen LogP contribution in [0.5, 0.6) is 11.5 Å². The van der Waals surface area contributed by atoms with Crippen LogP contribution in [0.4, 0.5) is 5.69 Å². The lowest BCUT2D eigenvalue weighted by molar-refractivity contribution is 0.247. The molecule has 0 aliphatic rings. The number of ether oxygens (including phenoxy) is 2. The van der Waals surface area contributed by atoms with Crippen LogP contribution in [0.1, 0.15) is 12.0 Å². The fourth-order valence-corrected chi connectivity index (χ4v) is 2.04. The van der Waals surface area contributed by atoms with Crippen LogP contribution in [-0.4, -0.2) is 13.2 Å². The van der Waals surface area contributed by atoms with E-state index in [4.69, 9.17) is 26.8 Å². The van der Waals surface area contributed by atoms with E-state index in [1.165, 1.54) is 0 Å². The third-order valence-corrected chi connectivity index (χ3v) is 3.09. The van der Waals surface area contributed by atoms with Gasteiger partial charge < -0.3 is 15.2 Å². The van der Waals surface area contributed by atoms with E-state index >= 15 is 0 Å². The van der Waals surface area contributed by atoms with Gasteiger partial charge in [0.15, 0.2) is 0 Å². The number of aryl methyl sites for hydroxylation is 1. The maximum Gasteiger partial charge on any atom is 0.142 e. The van der Waals surface area contributed by atoms with Crippen LogP contribution in [0.15, 0.2) is 42.5 Å². The molecule has 0 saturated carbocycles. The van der Waals surface area contributed by atoms with E-state index in [-0.39, 0.29) is 0 Å². The Labute approximate surface area is 124 Å². The lowest BCUT2D eigenvalue weighted by atomic mass is 10.2. The Morgan fingerprint density at radius 1 is 1.00 bits per heavy atom. The summed E-state index contributed by atoms with van der Waals surface area (Å²) >= 11 is 5.90. The zero-order valence-electron chi connectivity index (χ0n) is 11.4. The molecule has 2 aromatic rings. The molecular weight excluding hydrogens is 274 g/mol. The molecule has 0 saturated heterocycles. The topological polar surface area (TPSA) is 44.5 Å². The van der Waals surface area contributed by atoms with Gasteiger partial charge in [-0.05, 0) is 42.8 Å². The van der Waals surface area contributed by atoms with Crippen molar-refractivity contribution in [2.75, 3.05) is 18.9 Å². The Hall–Kier alpha value is -1.87. The molecule has 0 spiro atoms. The van der Waals surface area contributed by atoms with Crippen molar-refractivity contribution in [1.82, 2.24) is 0 Å². The second-order valence-corrected chi connectivity index (χ2v) is 4.93. The van der Waals surface area contributed by atoms with E-state index < -0.39 is 0 Å². The third-order valence-electron chi connectivity index (χ3n) is 2.86. The average molecular weight is 292 g/mol. The molecule has 0 aromatic heterocycles. The number of halogens is 1. The van der Waals surface area contributed by atoms with Crippen molar-refractivity contribution in [3.8, 4) is 11.5 Å². The predicted molar refractivity (Wildman–Crippen MR) is 82.7 cm³/mol. The predicted octanol–water partition coefficient (Wildman–Crippen LogP) is 4.08. The number of para-hydroxylation sites is 2. The number of nitrogen functional groups attached to an aromatic ring is 1. The molecule has 3 nitrogen and oxygen atoms in total. The summed E-state index contributed by atoms with van der Waals surface area (Å²) in [5.41, 5.74) is 7.48. The molecule has 2 rings (SSSR count). The number of nitrogens with two attached hydrogens (primary N) is 1.